The van der Waals surface area contributed by atoms with E-state index in [9.17, 15) is 4.79 Å². The predicted molar refractivity (Wildman–Crippen MR) is 56.8 cm³/mol. The third kappa shape index (κ3) is 1.70. The lowest BCUT2D eigenvalue weighted by Gasteiger charge is -2.44. The minimum atomic E-state index is -3.30. The second-order valence-corrected chi connectivity index (χ2v) is 3.85. The van der Waals surface area contributed by atoms with Gasteiger partial charge in [-0.1, -0.05) is 13.0 Å². The molecule has 2 atom stereocenters. The van der Waals surface area contributed by atoms with Gasteiger partial charge < -0.3 is 5.31 Å². The van der Waals surface area contributed by atoms with E-state index >= 15 is 0 Å². The molecule has 0 bridgehead atoms. The lowest BCUT2D eigenvalue weighted by molar-refractivity contribution is -0.120. The molecule has 1 aliphatic carbocycles. The van der Waals surface area contributed by atoms with Crippen molar-refractivity contribution in [2.45, 2.75) is 45.4 Å². The second kappa shape index (κ2) is 3.11. The van der Waals surface area contributed by atoms with Crippen LogP contribution in [0.1, 0.15) is 52.2 Å². The highest BCUT2D eigenvalue weighted by atomic mass is 16.1. The quantitative estimate of drug-likeness (QED) is 0.654. The van der Waals surface area contributed by atoms with Crippen molar-refractivity contribution in [3.8, 4) is 0 Å². The number of ketones is 1. The molecule has 2 unspecified atom stereocenters. The number of hydrogen-bond donors (Lipinski definition) is 1. The van der Waals surface area contributed by atoms with E-state index in [0.29, 0.717) is 5.31 Å². The molecular weight excluding hydrogens is 174 g/mol. The summed E-state index contributed by atoms with van der Waals surface area (Å²) < 4.78 is 81.2. The maximum absolute atomic E-state index is 12.3. The third-order valence-electron chi connectivity index (χ3n) is 2.03. The van der Waals surface area contributed by atoms with Crippen LogP contribution in [0.3, 0.4) is 0 Å². The number of Topliss-reactive ketones (excluding diaryl/α,β-unsaturated/α-hetero) is 1. The molecule has 1 fully saturated rings. The summed E-state index contributed by atoms with van der Waals surface area (Å²) in [5, 5.41) is 0.390. The number of allylic oxidation sites excluding steroid dienone is 2. The molecule has 1 aliphatic heterocycles. The van der Waals surface area contributed by atoms with E-state index in [2.05, 4.69) is 0 Å². The summed E-state index contributed by atoms with van der Waals surface area (Å²) in [6, 6.07) is -1.07. The van der Waals surface area contributed by atoms with Gasteiger partial charge in [-0.2, -0.15) is 0 Å². The molecule has 0 aromatic rings. The van der Waals surface area contributed by atoms with Gasteiger partial charge in [-0.3, -0.25) is 4.79 Å². The van der Waals surface area contributed by atoms with Crippen molar-refractivity contribution in [3.63, 3.8) is 0 Å². The van der Waals surface area contributed by atoms with Crippen molar-refractivity contribution in [2.75, 3.05) is 0 Å². The molecule has 1 heterocycles. The van der Waals surface area contributed by atoms with Crippen molar-refractivity contribution >= 4 is 5.78 Å². The Balaban J connectivity index is 3.05. The van der Waals surface area contributed by atoms with Crippen molar-refractivity contribution in [1.82, 2.24) is 5.31 Å². The average Bonchev–Trinajstić information content (AvgIpc) is 2.42. The van der Waals surface area contributed by atoms with Crippen LogP contribution in [0.4, 0.5) is 0 Å². The van der Waals surface area contributed by atoms with Gasteiger partial charge in [0.25, 0.3) is 0 Å². The zero-order chi connectivity index (χ0) is 19.3. The summed E-state index contributed by atoms with van der Waals surface area (Å²) in [6.07, 6.45) is -8.99. The Labute approximate surface area is 99.9 Å². The molecular formula is C12H19NO. The van der Waals surface area contributed by atoms with Crippen LogP contribution in [-0.4, -0.2) is 11.3 Å². The first kappa shape index (κ1) is 3.36. The SMILES string of the molecule is [2H]C1=C2N([2H])C(C)(C)C([2H])([2H])C([2H])(C)C2([2H])C([2H])([2H])C(=O)C1([2H])[2H]. The molecule has 2 rings (SSSR count). The van der Waals surface area contributed by atoms with Crippen LogP contribution in [-0.2, 0) is 4.79 Å². The largest absolute Gasteiger partial charge is 0.383 e. The molecule has 2 nitrogen and oxygen atoms in total. The van der Waals surface area contributed by atoms with E-state index in [1.807, 2.05) is 0 Å². The Hall–Kier alpha value is -0.790. The Morgan fingerprint density at radius 3 is 3.29 bits per heavy atom. The minimum absolute atomic E-state index is 0.390. The number of rotatable bonds is 0. The fourth-order valence-electron chi connectivity index (χ4n) is 1.57. The van der Waals surface area contributed by atoms with Gasteiger partial charge in [-0.15, -0.1) is 0 Å². The lowest BCUT2D eigenvalue weighted by Crippen LogP contribution is -2.49. The van der Waals surface area contributed by atoms with Gasteiger partial charge in [0, 0.05) is 40.8 Å². The Morgan fingerprint density at radius 2 is 2.57 bits per heavy atom. The van der Waals surface area contributed by atoms with Gasteiger partial charge in [-0.05, 0) is 26.1 Å². The second-order valence-electron chi connectivity index (χ2n) is 3.85. The van der Waals surface area contributed by atoms with Gasteiger partial charge in [0.2, 0.25) is 0 Å². The Kier molecular flexibility index (Phi) is 0.747. The van der Waals surface area contributed by atoms with Gasteiger partial charge >= 0.3 is 0 Å². The average molecular weight is 203 g/mol. The molecule has 0 radical (unpaired) electrons. The first-order valence-corrected chi connectivity index (χ1v) is 4.40. The van der Waals surface area contributed by atoms with Gasteiger partial charge in [-0.25, -0.2) is 0 Å². The van der Waals surface area contributed by atoms with Crippen LogP contribution in [0, 0.1) is 11.8 Å². The molecule has 0 amide bonds. The van der Waals surface area contributed by atoms with Crippen LogP contribution in [0.5, 0.6) is 0 Å². The first-order chi connectivity index (χ1) is 10.3. The smallest absolute Gasteiger partial charge is 0.160 e. The third-order valence-corrected chi connectivity index (χ3v) is 2.03. The van der Waals surface area contributed by atoms with Crippen LogP contribution in [0.15, 0.2) is 11.7 Å². The van der Waals surface area contributed by atoms with Crippen molar-refractivity contribution < 1.29 is 18.5 Å². The predicted octanol–water partition coefficient (Wildman–Crippen LogP) is 2.26. The molecule has 2 aliphatic rings. The summed E-state index contributed by atoms with van der Waals surface area (Å²) in [5.41, 5.74) is -2.56. The van der Waals surface area contributed by atoms with Crippen molar-refractivity contribution in [2.24, 2.45) is 11.8 Å². The van der Waals surface area contributed by atoms with E-state index < -0.39 is 54.0 Å². The summed E-state index contributed by atoms with van der Waals surface area (Å²) in [7, 11) is 0. The summed E-state index contributed by atoms with van der Waals surface area (Å²) in [6.45, 7) is 3.47. The summed E-state index contributed by atoms with van der Waals surface area (Å²) >= 11 is 0. The zero-order valence-electron chi connectivity index (χ0n) is 18.4. The van der Waals surface area contributed by atoms with E-state index in [1.54, 1.807) is 0 Å². The standard InChI is InChI=1S/C12H19NO/c1-8-7-12(2,3)13-11-5-4-9(14)6-10(8)11/h5,8,10,13H,4,6-7H2,1-3H3/i4D2,5D,6D2,7D2,8D,10D/hD. The number of piperidine rings is 1. The lowest BCUT2D eigenvalue weighted by atomic mass is 9.72. The molecule has 0 spiro atoms. The van der Waals surface area contributed by atoms with Crippen LogP contribution < -0.4 is 5.31 Å². The first-order valence-electron chi connectivity index (χ1n) is 9.35. The zero-order valence-corrected chi connectivity index (χ0v) is 8.36. The van der Waals surface area contributed by atoms with Gasteiger partial charge in [0.1, 0.15) is 5.78 Å². The number of hydrogen-bond acceptors (Lipinski definition) is 2. The maximum Gasteiger partial charge on any atom is 0.160 e. The molecule has 14 heavy (non-hydrogen) atoms. The fraction of sp³-hybridized carbons (Fsp3) is 0.750. The van der Waals surface area contributed by atoms with Gasteiger partial charge in [0.15, 0.2) is 1.41 Å². The molecule has 1 saturated heterocycles. The van der Waals surface area contributed by atoms with Gasteiger partial charge in [0.05, 0.1) is 1.37 Å². The molecule has 78 valence electrons. The van der Waals surface area contributed by atoms with E-state index in [4.69, 9.17) is 13.7 Å². The molecule has 0 aromatic heterocycles. The van der Waals surface area contributed by atoms with Crippen molar-refractivity contribution in [1.29, 1.82) is 0 Å². The van der Waals surface area contributed by atoms with E-state index in [1.165, 1.54) is 13.8 Å². The Morgan fingerprint density at radius 1 is 1.86 bits per heavy atom. The number of fused-ring (bicyclic) bond motifs is 1. The summed E-state index contributed by atoms with van der Waals surface area (Å²) in [4.78, 5) is 12.3. The van der Waals surface area contributed by atoms with Crippen LogP contribution >= 0.6 is 0 Å². The van der Waals surface area contributed by atoms with Crippen LogP contribution in [0.2, 0.25) is 1.41 Å². The monoisotopic (exact) mass is 203 g/mol. The highest BCUT2D eigenvalue weighted by molar-refractivity contribution is 5.81. The van der Waals surface area contributed by atoms with Crippen LogP contribution in [0.25, 0.3) is 0 Å². The Bertz CT molecular complexity index is 652. The fourth-order valence-corrected chi connectivity index (χ4v) is 1.57. The molecule has 0 saturated carbocycles. The highest BCUT2D eigenvalue weighted by Gasteiger charge is 2.37. The number of carbonyl (C=O) groups excluding carboxylic acids is 1. The molecule has 2 heteroatoms. The highest BCUT2D eigenvalue weighted by Crippen LogP contribution is 2.38. The molecule has 0 aromatic carbocycles. The minimum Gasteiger partial charge on any atom is -0.383 e. The topological polar surface area (TPSA) is 29.1 Å². The maximum atomic E-state index is 12.3. The van der Waals surface area contributed by atoms with E-state index in [-0.39, 0.29) is 0 Å². The van der Waals surface area contributed by atoms with Crippen molar-refractivity contribution in [3.05, 3.63) is 11.7 Å². The molecule has 1 N–H and O–H groups in total. The number of carbonyl (C=O) groups is 1. The summed E-state index contributed by atoms with van der Waals surface area (Å²) in [5.74, 6) is -7.24. The normalized spacial score (nSPS) is 68.8. The van der Waals surface area contributed by atoms with E-state index in [0.717, 1.165) is 6.92 Å². The number of nitrogens with one attached hydrogen (secondary N) is 1.